The van der Waals surface area contributed by atoms with E-state index in [1.165, 1.54) is 49.6 Å². The number of methoxy groups -OCH3 is 1. The molecule has 6 aromatic carbocycles. The Balaban J connectivity index is 0.000000498. The fourth-order valence-electron chi connectivity index (χ4n) is 6.67. The number of aliphatic hydroxyl groups is 1. The first-order valence-corrected chi connectivity index (χ1v) is 20.2. The summed E-state index contributed by atoms with van der Waals surface area (Å²) in [6, 6.07) is 31.6. The van der Waals surface area contributed by atoms with Gasteiger partial charge in [-0.15, -0.1) is 0 Å². The SMILES string of the molecule is CC.COc1cc2c(cc1OC(=O)c1ccc(Cl)cc1)[C@@H]1c3ccc(OC(=O)c4ccc(Cl)cc4)c(OC(=O)c4ccc(Cl)cc4)c3OC[C@]1(O)C2.O=Cc1ccc(Cl)cc1. The lowest BCUT2D eigenvalue weighted by Crippen LogP contribution is -2.44. The van der Waals surface area contributed by atoms with Crippen molar-refractivity contribution in [2.75, 3.05) is 13.7 Å². The molecule has 0 fully saturated rings. The van der Waals surface area contributed by atoms with Crippen LogP contribution in [0.5, 0.6) is 28.7 Å². The first kappa shape index (κ1) is 44.7. The van der Waals surface area contributed by atoms with Gasteiger partial charge >= 0.3 is 17.9 Å². The number of carbonyl (C=O) groups is 4. The number of carbonyl (C=O) groups excluding carboxylic acids is 4. The van der Waals surface area contributed by atoms with E-state index in [0.717, 1.165) is 11.8 Å². The summed E-state index contributed by atoms with van der Waals surface area (Å²) in [7, 11) is 1.45. The molecule has 0 saturated carbocycles. The number of fused-ring (bicyclic) bond motifs is 5. The molecular weight excluding hydrogens is 866 g/mol. The van der Waals surface area contributed by atoms with Crippen molar-refractivity contribution < 1.29 is 48.0 Å². The zero-order valence-corrected chi connectivity index (χ0v) is 35.8. The van der Waals surface area contributed by atoms with Crippen LogP contribution in [0.25, 0.3) is 0 Å². The molecule has 1 aliphatic heterocycles. The molecule has 0 spiro atoms. The summed E-state index contributed by atoms with van der Waals surface area (Å²) in [5, 5.41) is 14.0. The Kier molecular flexibility index (Phi) is 14.4. The van der Waals surface area contributed by atoms with Gasteiger partial charge < -0.3 is 28.8 Å². The van der Waals surface area contributed by atoms with E-state index in [9.17, 15) is 24.3 Å². The molecule has 61 heavy (non-hydrogen) atoms. The Labute approximate surface area is 371 Å². The zero-order valence-electron chi connectivity index (χ0n) is 32.7. The molecule has 1 N–H and O–H groups in total. The van der Waals surface area contributed by atoms with Crippen molar-refractivity contribution >= 4 is 70.6 Å². The highest BCUT2D eigenvalue weighted by Crippen LogP contribution is 2.56. The minimum atomic E-state index is -1.43. The van der Waals surface area contributed by atoms with E-state index in [-0.39, 0.29) is 58.5 Å². The van der Waals surface area contributed by atoms with Crippen LogP contribution in [0.15, 0.2) is 121 Å². The van der Waals surface area contributed by atoms with Gasteiger partial charge in [0.05, 0.1) is 23.8 Å². The van der Waals surface area contributed by atoms with Gasteiger partial charge in [-0.1, -0.05) is 78.5 Å². The maximum absolute atomic E-state index is 13.4. The number of ether oxygens (including phenoxy) is 5. The standard InChI is InChI=1S/C38H25Cl3O9.C7H5ClO.C2H6/c1-46-30-16-23-18-38(45)19-47-33-27(32(38)28(23)17-31(30)49-36(43)21-4-10-25(40)11-5-21)14-15-29(48-35(42)20-2-8-24(39)9-3-20)34(33)50-37(44)22-6-12-26(41)13-7-22;8-7-3-1-6(5-9)2-4-7;1-2/h2-17,32,45H,18-19H2,1H3;1-5H;1-2H3/t32-,38+;;/m0../s1. The summed E-state index contributed by atoms with van der Waals surface area (Å²) in [4.78, 5) is 49.7. The molecular formula is C47H36Cl4O10. The third kappa shape index (κ3) is 10.2. The van der Waals surface area contributed by atoms with E-state index in [2.05, 4.69) is 0 Å². The summed E-state index contributed by atoms with van der Waals surface area (Å²) < 4.78 is 29.1. The molecule has 0 aromatic heterocycles. The number of benzene rings is 6. The van der Waals surface area contributed by atoms with E-state index in [1.54, 1.807) is 78.9 Å². The largest absolute Gasteiger partial charge is 0.493 e. The highest BCUT2D eigenvalue weighted by molar-refractivity contribution is 6.31. The third-order valence-corrected chi connectivity index (χ3v) is 10.5. The molecule has 2 aliphatic rings. The van der Waals surface area contributed by atoms with Crippen LogP contribution in [-0.2, 0) is 6.42 Å². The number of rotatable bonds is 8. The van der Waals surface area contributed by atoms with Gasteiger partial charge in [0, 0.05) is 43.6 Å². The normalized spacial score (nSPS) is 15.4. The summed E-state index contributed by atoms with van der Waals surface area (Å²) in [6.45, 7) is 3.79. The highest BCUT2D eigenvalue weighted by atomic mass is 35.5. The second-order valence-corrected chi connectivity index (χ2v) is 15.1. The number of hydrogen-bond donors (Lipinski definition) is 1. The summed E-state index contributed by atoms with van der Waals surface area (Å²) in [5.74, 6) is -2.61. The van der Waals surface area contributed by atoms with Crippen LogP contribution >= 0.6 is 46.4 Å². The Morgan fingerprint density at radius 1 is 0.623 bits per heavy atom. The lowest BCUT2D eigenvalue weighted by Gasteiger charge is -2.37. The Hall–Kier alpha value is -5.88. The Morgan fingerprint density at radius 3 is 1.56 bits per heavy atom. The van der Waals surface area contributed by atoms with Gasteiger partial charge in [0.15, 0.2) is 23.0 Å². The molecule has 0 saturated heterocycles. The van der Waals surface area contributed by atoms with Crippen molar-refractivity contribution in [3.05, 3.63) is 180 Å². The van der Waals surface area contributed by atoms with E-state index >= 15 is 0 Å². The summed E-state index contributed by atoms with van der Waals surface area (Å²) >= 11 is 23.5. The van der Waals surface area contributed by atoms with Crippen LogP contribution < -0.4 is 23.7 Å². The predicted molar refractivity (Wildman–Crippen MR) is 233 cm³/mol. The minimum Gasteiger partial charge on any atom is -0.493 e. The van der Waals surface area contributed by atoms with Gasteiger partial charge in [-0.05, 0) is 114 Å². The molecule has 6 aromatic rings. The topological polar surface area (TPSA) is 135 Å². The van der Waals surface area contributed by atoms with Crippen molar-refractivity contribution in [1.29, 1.82) is 0 Å². The fourth-order valence-corrected chi connectivity index (χ4v) is 7.17. The third-order valence-electron chi connectivity index (χ3n) is 9.50. The van der Waals surface area contributed by atoms with E-state index in [1.807, 2.05) is 13.8 Å². The fraction of sp³-hybridized carbons (Fsp3) is 0.149. The van der Waals surface area contributed by atoms with Crippen molar-refractivity contribution in [1.82, 2.24) is 0 Å². The van der Waals surface area contributed by atoms with Crippen LogP contribution in [-0.4, -0.2) is 48.6 Å². The molecule has 0 radical (unpaired) electrons. The molecule has 8 rings (SSSR count). The van der Waals surface area contributed by atoms with Gasteiger partial charge in [0.1, 0.15) is 18.5 Å². The number of aldehydes is 1. The van der Waals surface area contributed by atoms with Crippen molar-refractivity contribution in [3.63, 3.8) is 0 Å². The zero-order chi connectivity index (χ0) is 43.8. The Morgan fingerprint density at radius 2 is 1.08 bits per heavy atom. The van der Waals surface area contributed by atoms with Gasteiger partial charge in [-0.25, -0.2) is 14.4 Å². The van der Waals surface area contributed by atoms with Crippen molar-refractivity contribution in [2.24, 2.45) is 0 Å². The van der Waals surface area contributed by atoms with Crippen molar-refractivity contribution in [2.45, 2.75) is 31.8 Å². The molecule has 2 atom stereocenters. The van der Waals surface area contributed by atoms with Crippen LogP contribution in [0, 0.1) is 0 Å². The van der Waals surface area contributed by atoms with Gasteiger partial charge in [0.25, 0.3) is 0 Å². The van der Waals surface area contributed by atoms with Gasteiger partial charge in [0.2, 0.25) is 5.75 Å². The first-order chi connectivity index (χ1) is 29.3. The van der Waals surface area contributed by atoms with E-state index in [4.69, 9.17) is 70.1 Å². The molecule has 0 unspecified atom stereocenters. The van der Waals surface area contributed by atoms with Crippen LogP contribution in [0.3, 0.4) is 0 Å². The molecule has 1 aliphatic carbocycles. The molecule has 0 bridgehead atoms. The number of esters is 3. The Bertz CT molecular complexity index is 2560. The summed E-state index contributed by atoms with van der Waals surface area (Å²) in [5.41, 5.74) is 1.70. The maximum atomic E-state index is 13.4. The quantitative estimate of drug-likeness (QED) is 0.0893. The second-order valence-electron chi connectivity index (χ2n) is 13.4. The molecule has 0 amide bonds. The highest BCUT2D eigenvalue weighted by Gasteiger charge is 2.51. The van der Waals surface area contributed by atoms with Gasteiger partial charge in [-0.3, -0.25) is 4.79 Å². The lowest BCUT2D eigenvalue weighted by atomic mass is 9.80. The van der Waals surface area contributed by atoms with Crippen molar-refractivity contribution in [3.8, 4) is 28.7 Å². The first-order valence-electron chi connectivity index (χ1n) is 18.7. The monoisotopic (exact) mass is 900 g/mol. The van der Waals surface area contributed by atoms with E-state index < -0.39 is 29.4 Å². The smallest absolute Gasteiger partial charge is 0.343 e. The van der Waals surface area contributed by atoms with E-state index in [0.29, 0.717) is 36.8 Å². The average Bonchev–Trinajstić information content (AvgIpc) is 3.57. The molecule has 10 nitrogen and oxygen atoms in total. The molecule has 1 heterocycles. The van der Waals surface area contributed by atoms with Crippen LogP contribution in [0.1, 0.15) is 77.9 Å². The minimum absolute atomic E-state index is 0.0896. The van der Waals surface area contributed by atoms with Crippen LogP contribution in [0.4, 0.5) is 0 Å². The molecule has 312 valence electrons. The predicted octanol–water partition coefficient (Wildman–Crippen LogP) is 11.3. The van der Waals surface area contributed by atoms with Gasteiger partial charge in [-0.2, -0.15) is 0 Å². The summed E-state index contributed by atoms with van der Waals surface area (Å²) in [6.07, 6.45) is 0.970. The number of hydrogen-bond acceptors (Lipinski definition) is 10. The molecule has 14 heteroatoms. The van der Waals surface area contributed by atoms with Crippen LogP contribution in [0.2, 0.25) is 20.1 Å². The maximum Gasteiger partial charge on any atom is 0.343 e. The average molecular weight is 903 g/mol. The number of halogens is 4. The lowest BCUT2D eigenvalue weighted by molar-refractivity contribution is -0.0228. The second kappa shape index (κ2) is 19.7.